The second-order valence-electron chi connectivity index (χ2n) is 11.4. The van der Waals surface area contributed by atoms with E-state index < -0.39 is 35.8 Å². The van der Waals surface area contributed by atoms with Gasteiger partial charge >= 0.3 is 0 Å². The summed E-state index contributed by atoms with van der Waals surface area (Å²) in [7, 11) is 0. The second-order valence-corrected chi connectivity index (χ2v) is 12.3. The van der Waals surface area contributed by atoms with E-state index in [1.54, 1.807) is 47.1 Å². The third-order valence-electron chi connectivity index (χ3n) is 8.56. The lowest BCUT2D eigenvalue weighted by Gasteiger charge is -2.37. The molecule has 2 aromatic carbocycles. The number of benzene rings is 2. The second kappa shape index (κ2) is 12.0. The fraction of sp³-hybridized carbons (Fsp3) is 0.281. The molecule has 1 aliphatic carbocycles. The maximum atomic E-state index is 15.1. The number of rotatable bonds is 7. The van der Waals surface area contributed by atoms with Crippen molar-refractivity contribution in [2.75, 3.05) is 11.4 Å². The van der Waals surface area contributed by atoms with Gasteiger partial charge in [0, 0.05) is 23.1 Å². The Morgan fingerprint density at radius 3 is 2.65 bits per heavy atom. The summed E-state index contributed by atoms with van der Waals surface area (Å²) >= 11 is 1.44. The Balaban J connectivity index is 1.21. The molecule has 4 heterocycles. The van der Waals surface area contributed by atoms with Crippen molar-refractivity contribution in [1.82, 2.24) is 29.9 Å². The van der Waals surface area contributed by atoms with E-state index in [-0.39, 0.29) is 31.2 Å². The van der Waals surface area contributed by atoms with Crippen LogP contribution in [0.1, 0.15) is 46.4 Å². The lowest BCUT2D eigenvalue weighted by molar-refractivity contribution is -0.138. The Morgan fingerprint density at radius 2 is 1.89 bits per heavy atom. The van der Waals surface area contributed by atoms with Crippen LogP contribution in [0.2, 0.25) is 0 Å². The number of halogens is 2. The van der Waals surface area contributed by atoms with Gasteiger partial charge in [0.25, 0.3) is 11.8 Å². The zero-order chi connectivity index (χ0) is 31.9. The van der Waals surface area contributed by atoms with E-state index in [2.05, 4.69) is 20.3 Å². The van der Waals surface area contributed by atoms with Gasteiger partial charge in [-0.15, -0.1) is 11.3 Å². The van der Waals surface area contributed by atoms with Gasteiger partial charge in [0.1, 0.15) is 24.6 Å². The quantitative estimate of drug-likeness (QED) is 0.280. The van der Waals surface area contributed by atoms with Gasteiger partial charge in [-0.1, -0.05) is 6.07 Å². The van der Waals surface area contributed by atoms with Crippen molar-refractivity contribution >= 4 is 45.6 Å². The van der Waals surface area contributed by atoms with Crippen molar-refractivity contribution in [3.8, 4) is 11.1 Å². The molecule has 1 unspecified atom stereocenters. The molecule has 0 spiro atoms. The molecule has 1 saturated heterocycles. The van der Waals surface area contributed by atoms with E-state index in [1.165, 1.54) is 45.2 Å². The third kappa shape index (κ3) is 5.38. The summed E-state index contributed by atoms with van der Waals surface area (Å²) < 4.78 is 30.4. The molecular formula is C32H28F2N8O3S. The smallest absolute Gasteiger partial charge is 0.269 e. The molecule has 1 aliphatic heterocycles. The van der Waals surface area contributed by atoms with Crippen LogP contribution < -0.4 is 10.6 Å². The van der Waals surface area contributed by atoms with Gasteiger partial charge in [-0.25, -0.2) is 13.8 Å². The number of aryl methyl sites for hydroxylation is 1. The first-order valence-electron chi connectivity index (χ1n) is 14.8. The largest absolute Gasteiger partial charge is 0.364 e. The van der Waals surface area contributed by atoms with Gasteiger partial charge in [-0.2, -0.15) is 15.3 Å². The number of primary amides is 1. The summed E-state index contributed by atoms with van der Waals surface area (Å²) in [5, 5.41) is 12.5. The normalized spacial score (nSPS) is 19.3. The molecule has 5 aromatic rings. The fourth-order valence-corrected chi connectivity index (χ4v) is 7.40. The minimum Gasteiger partial charge on any atom is -0.364 e. The van der Waals surface area contributed by atoms with Crippen LogP contribution in [0.25, 0.3) is 22.0 Å². The number of amides is 3. The summed E-state index contributed by atoms with van der Waals surface area (Å²) in [5.74, 6) is -2.22. The summed E-state index contributed by atoms with van der Waals surface area (Å²) in [6, 6.07) is 11.1. The van der Waals surface area contributed by atoms with Crippen molar-refractivity contribution in [2.45, 2.75) is 50.5 Å². The number of nitrogens with zero attached hydrogens (tertiary/aromatic N) is 7. The van der Waals surface area contributed by atoms with E-state index in [4.69, 9.17) is 5.73 Å². The standard InChI is InChI=1S/C32H28F2N8O3S/c33-20-5-7-22(8-6-20)42(26-3-1-2-24-30(26)46-17-36-24)32(45)27-13-21(34)15-40(27)28(43)16-41-25-9-4-18(19-10-11-37-38-14-19)12-23(25)29(39-41)31(35)44/h4-12,14,17,21,26-27H,1-3,13,15-16H2,(H2,35,44)/t21-,26?,27+/m1/s1. The number of carbonyl (C=O) groups excluding carboxylic acids is 3. The molecule has 0 bridgehead atoms. The average molecular weight is 643 g/mol. The number of anilines is 1. The monoisotopic (exact) mass is 642 g/mol. The molecule has 46 heavy (non-hydrogen) atoms. The number of aromatic nitrogens is 5. The van der Waals surface area contributed by atoms with E-state index >= 15 is 4.39 Å². The third-order valence-corrected chi connectivity index (χ3v) is 9.53. The van der Waals surface area contributed by atoms with Crippen molar-refractivity contribution < 1.29 is 23.2 Å². The molecule has 3 aromatic heterocycles. The minimum atomic E-state index is -1.43. The van der Waals surface area contributed by atoms with Crippen molar-refractivity contribution in [1.29, 1.82) is 0 Å². The number of hydrogen-bond acceptors (Lipinski definition) is 8. The van der Waals surface area contributed by atoms with Crippen LogP contribution in [0.5, 0.6) is 0 Å². The molecule has 14 heteroatoms. The molecule has 3 amide bonds. The Kier molecular flexibility index (Phi) is 7.72. The van der Waals surface area contributed by atoms with Crippen LogP contribution in [0.4, 0.5) is 14.5 Å². The lowest BCUT2D eigenvalue weighted by atomic mass is 9.95. The number of nitrogens with two attached hydrogens (primary N) is 1. The van der Waals surface area contributed by atoms with Gasteiger partial charge in [0.05, 0.1) is 46.6 Å². The first-order chi connectivity index (χ1) is 22.3. The fourth-order valence-electron chi connectivity index (χ4n) is 6.44. The number of alkyl halides is 1. The van der Waals surface area contributed by atoms with Crippen LogP contribution in [0.15, 0.2) is 66.4 Å². The first kappa shape index (κ1) is 29.6. The van der Waals surface area contributed by atoms with Crippen LogP contribution in [-0.2, 0) is 22.6 Å². The van der Waals surface area contributed by atoms with Gasteiger partial charge in [-0.05, 0) is 67.3 Å². The predicted octanol–water partition coefficient (Wildman–Crippen LogP) is 4.24. The zero-order valence-corrected chi connectivity index (χ0v) is 25.2. The van der Waals surface area contributed by atoms with Crippen LogP contribution in [0, 0.1) is 5.82 Å². The molecule has 7 rings (SSSR count). The Bertz CT molecular complexity index is 1950. The van der Waals surface area contributed by atoms with E-state index in [0.717, 1.165) is 34.5 Å². The lowest BCUT2D eigenvalue weighted by Crippen LogP contribution is -2.50. The predicted molar refractivity (Wildman–Crippen MR) is 166 cm³/mol. The summed E-state index contributed by atoms with van der Waals surface area (Å²) in [5.41, 5.74) is 10.7. The van der Waals surface area contributed by atoms with Crippen LogP contribution >= 0.6 is 11.3 Å². The summed E-state index contributed by atoms with van der Waals surface area (Å²) in [6.07, 6.45) is 3.74. The Hall–Kier alpha value is -5.11. The number of thiazole rings is 1. The molecule has 1 fully saturated rings. The van der Waals surface area contributed by atoms with Crippen molar-refractivity contribution in [2.24, 2.45) is 5.73 Å². The number of carbonyl (C=O) groups is 3. The zero-order valence-electron chi connectivity index (χ0n) is 24.4. The number of fused-ring (bicyclic) bond motifs is 2. The maximum Gasteiger partial charge on any atom is 0.269 e. The summed E-state index contributed by atoms with van der Waals surface area (Å²) in [4.78, 5) is 48.8. The van der Waals surface area contributed by atoms with Gasteiger partial charge in [-0.3, -0.25) is 19.1 Å². The number of likely N-dealkylation sites (tertiary alicyclic amines) is 1. The Morgan fingerprint density at radius 1 is 1.07 bits per heavy atom. The van der Waals surface area contributed by atoms with E-state index in [9.17, 15) is 18.8 Å². The SMILES string of the molecule is NC(=O)c1nn(CC(=O)N2C[C@H](F)C[C@H]2C(=O)N(c2ccc(F)cc2)C2CCCc3ncsc32)c2ccc(-c3ccnnc3)cc12. The highest BCUT2D eigenvalue weighted by Crippen LogP contribution is 2.40. The molecule has 0 radical (unpaired) electrons. The highest BCUT2D eigenvalue weighted by molar-refractivity contribution is 7.09. The molecule has 234 valence electrons. The molecule has 3 atom stereocenters. The van der Waals surface area contributed by atoms with Gasteiger partial charge < -0.3 is 15.5 Å². The maximum absolute atomic E-state index is 15.1. The number of hydrogen-bond donors (Lipinski definition) is 1. The molecule has 2 N–H and O–H groups in total. The molecule has 2 aliphatic rings. The van der Waals surface area contributed by atoms with E-state index in [1.807, 2.05) is 0 Å². The first-order valence-corrected chi connectivity index (χ1v) is 15.7. The molecular weight excluding hydrogens is 614 g/mol. The Labute approximate surface area is 265 Å². The van der Waals surface area contributed by atoms with Gasteiger partial charge in [0.2, 0.25) is 5.91 Å². The minimum absolute atomic E-state index is 0.0239. The van der Waals surface area contributed by atoms with Gasteiger partial charge in [0.15, 0.2) is 5.69 Å². The van der Waals surface area contributed by atoms with Crippen molar-refractivity contribution in [3.05, 3.63) is 88.5 Å². The highest BCUT2D eigenvalue weighted by atomic mass is 32.1. The molecule has 0 saturated carbocycles. The van der Waals surface area contributed by atoms with E-state index in [0.29, 0.717) is 23.0 Å². The topological polar surface area (TPSA) is 140 Å². The van der Waals surface area contributed by atoms with Crippen LogP contribution in [0.3, 0.4) is 0 Å². The highest BCUT2D eigenvalue weighted by Gasteiger charge is 2.44. The van der Waals surface area contributed by atoms with Crippen molar-refractivity contribution in [3.63, 3.8) is 0 Å². The summed E-state index contributed by atoms with van der Waals surface area (Å²) in [6.45, 7) is -0.626. The van der Waals surface area contributed by atoms with Crippen LogP contribution in [-0.4, -0.2) is 66.3 Å². The average Bonchev–Trinajstić information content (AvgIpc) is 3.80. The molecule has 11 nitrogen and oxygen atoms in total.